The van der Waals surface area contributed by atoms with Gasteiger partial charge in [0.15, 0.2) is 0 Å². The topological polar surface area (TPSA) is 9.23 Å². The third kappa shape index (κ3) is 1.58. The molecule has 1 aliphatic heterocycles. The Bertz CT molecular complexity index is 66.9. The maximum Gasteiger partial charge on any atom is 0.0690 e. The van der Waals surface area contributed by atoms with Crippen molar-refractivity contribution in [3.8, 4) is 0 Å². The average Bonchev–Trinajstić information content (AvgIpc) is 2.12. The number of halogens is 1. The molecule has 2 atom stereocenters. The number of hydrogen-bond donors (Lipinski definition) is 0. The van der Waals surface area contributed by atoms with Gasteiger partial charge in [0.1, 0.15) is 0 Å². The fourth-order valence-electron chi connectivity index (χ4n) is 0.965. The third-order valence-corrected chi connectivity index (χ3v) is 2.28. The lowest BCUT2D eigenvalue weighted by atomic mass is 10.2. The molecule has 0 unspecified atom stereocenters. The molecule has 1 aliphatic rings. The van der Waals surface area contributed by atoms with Crippen molar-refractivity contribution >= 4 is 22.6 Å². The maximum atomic E-state index is 5.41. The highest BCUT2D eigenvalue weighted by atomic mass is 127. The van der Waals surface area contributed by atoms with E-state index in [4.69, 9.17) is 4.74 Å². The minimum absolute atomic E-state index is 0.551. The van der Waals surface area contributed by atoms with Gasteiger partial charge in [0, 0.05) is 10.5 Å². The highest BCUT2D eigenvalue weighted by Gasteiger charge is 2.19. The standard InChI is InChI=1S/C6H11IO/c1-5(7)6-3-2-4-8-6/h5-6H,2-4H2,1H3/t5-,6-/m1/s1. The van der Waals surface area contributed by atoms with Gasteiger partial charge < -0.3 is 4.74 Å². The Morgan fingerprint density at radius 2 is 2.50 bits per heavy atom. The Balaban J connectivity index is 2.24. The molecule has 1 fully saturated rings. The van der Waals surface area contributed by atoms with Gasteiger partial charge in [0.05, 0.1) is 6.10 Å². The van der Waals surface area contributed by atoms with Crippen LogP contribution in [0.3, 0.4) is 0 Å². The molecule has 0 aliphatic carbocycles. The molecule has 0 aromatic heterocycles. The Kier molecular flexibility index (Phi) is 2.56. The summed E-state index contributed by atoms with van der Waals surface area (Å²) in [7, 11) is 0. The second kappa shape index (κ2) is 3.01. The van der Waals surface area contributed by atoms with Crippen molar-refractivity contribution in [2.24, 2.45) is 0 Å². The van der Waals surface area contributed by atoms with Crippen molar-refractivity contribution in [2.45, 2.75) is 29.8 Å². The van der Waals surface area contributed by atoms with Crippen molar-refractivity contribution in [3.63, 3.8) is 0 Å². The smallest absolute Gasteiger partial charge is 0.0690 e. The molecule has 0 saturated carbocycles. The van der Waals surface area contributed by atoms with Gasteiger partial charge in [-0.1, -0.05) is 29.5 Å². The number of alkyl halides is 1. The van der Waals surface area contributed by atoms with Crippen LogP contribution < -0.4 is 0 Å². The molecular formula is C6H11IO. The summed E-state index contributed by atoms with van der Waals surface area (Å²) in [6.07, 6.45) is 3.08. The monoisotopic (exact) mass is 226 g/mol. The van der Waals surface area contributed by atoms with Gasteiger partial charge in [-0.2, -0.15) is 0 Å². The largest absolute Gasteiger partial charge is 0.377 e. The SMILES string of the molecule is C[C@@H](I)[C@H]1CCCO1. The zero-order valence-electron chi connectivity index (χ0n) is 5.06. The highest BCUT2D eigenvalue weighted by Crippen LogP contribution is 2.20. The first-order valence-electron chi connectivity index (χ1n) is 3.06. The molecule has 1 saturated heterocycles. The molecule has 0 amide bonds. The predicted molar refractivity (Wildman–Crippen MR) is 42.5 cm³/mol. The van der Waals surface area contributed by atoms with E-state index >= 15 is 0 Å². The summed E-state index contributed by atoms with van der Waals surface area (Å²) >= 11 is 2.42. The van der Waals surface area contributed by atoms with Crippen LogP contribution in [-0.2, 0) is 4.74 Å². The van der Waals surface area contributed by atoms with E-state index in [1.807, 2.05) is 0 Å². The Hall–Kier alpha value is 0.690. The van der Waals surface area contributed by atoms with Crippen LogP contribution in [0.1, 0.15) is 19.8 Å². The molecule has 8 heavy (non-hydrogen) atoms. The molecule has 1 nitrogen and oxygen atoms in total. The van der Waals surface area contributed by atoms with Crippen LogP contribution in [0.2, 0.25) is 0 Å². The molecular weight excluding hydrogens is 215 g/mol. The predicted octanol–water partition coefficient (Wildman–Crippen LogP) is 1.99. The minimum atomic E-state index is 0.551. The lowest BCUT2D eigenvalue weighted by molar-refractivity contribution is 0.115. The van der Waals surface area contributed by atoms with Crippen molar-refractivity contribution in [1.29, 1.82) is 0 Å². The van der Waals surface area contributed by atoms with E-state index < -0.39 is 0 Å². The highest BCUT2D eigenvalue weighted by molar-refractivity contribution is 14.1. The van der Waals surface area contributed by atoms with Crippen molar-refractivity contribution in [3.05, 3.63) is 0 Å². The summed E-state index contributed by atoms with van der Waals surface area (Å²) in [5, 5.41) is 0. The van der Waals surface area contributed by atoms with Crippen LogP contribution in [0.4, 0.5) is 0 Å². The van der Waals surface area contributed by atoms with Gasteiger partial charge >= 0.3 is 0 Å². The maximum absolute atomic E-state index is 5.41. The minimum Gasteiger partial charge on any atom is -0.377 e. The van der Waals surface area contributed by atoms with Crippen molar-refractivity contribution in [2.75, 3.05) is 6.61 Å². The van der Waals surface area contributed by atoms with E-state index in [0.29, 0.717) is 10.0 Å². The van der Waals surface area contributed by atoms with E-state index in [1.54, 1.807) is 0 Å². The van der Waals surface area contributed by atoms with E-state index in [9.17, 15) is 0 Å². The molecule has 0 N–H and O–H groups in total. The zero-order chi connectivity index (χ0) is 5.98. The Morgan fingerprint density at radius 1 is 1.75 bits per heavy atom. The Labute approximate surface area is 63.9 Å². The third-order valence-electron chi connectivity index (χ3n) is 1.48. The first-order valence-corrected chi connectivity index (χ1v) is 4.31. The van der Waals surface area contributed by atoms with Crippen LogP contribution in [0.15, 0.2) is 0 Å². The van der Waals surface area contributed by atoms with Crippen molar-refractivity contribution < 1.29 is 4.74 Å². The normalized spacial score (nSPS) is 33.0. The summed E-state index contributed by atoms with van der Waals surface area (Å²) in [5.41, 5.74) is 0. The van der Waals surface area contributed by atoms with Crippen LogP contribution >= 0.6 is 22.6 Å². The first-order chi connectivity index (χ1) is 3.80. The zero-order valence-corrected chi connectivity index (χ0v) is 7.22. The fraction of sp³-hybridized carbons (Fsp3) is 1.00. The quantitative estimate of drug-likeness (QED) is 0.490. The van der Waals surface area contributed by atoms with Gasteiger partial charge in [0.2, 0.25) is 0 Å². The van der Waals surface area contributed by atoms with Crippen LogP contribution in [0.5, 0.6) is 0 Å². The molecule has 0 aromatic carbocycles. The van der Waals surface area contributed by atoms with E-state index in [0.717, 1.165) is 6.61 Å². The summed E-state index contributed by atoms with van der Waals surface area (Å²) in [4.78, 5) is 0. The van der Waals surface area contributed by atoms with Gasteiger partial charge in [-0.25, -0.2) is 0 Å². The van der Waals surface area contributed by atoms with Crippen LogP contribution in [0, 0.1) is 0 Å². The second-order valence-electron chi connectivity index (χ2n) is 2.23. The molecule has 0 radical (unpaired) electrons. The van der Waals surface area contributed by atoms with Crippen LogP contribution in [-0.4, -0.2) is 16.6 Å². The number of ether oxygens (including phenoxy) is 1. The average molecular weight is 226 g/mol. The molecule has 2 heteroatoms. The summed E-state index contributed by atoms with van der Waals surface area (Å²) in [6.45, 7) is 3.19. The molecule has 0 aromatic rings. The van der Waals surface area contributed by atoms with Gasteiger partial charge in [0.25, 0.3) is 0 Å². The van der Waals surface area contributed by atoms with Gasteiger partial charge in [-0.3, -0.25) is 0 Å². The summed E-state index contributed by atoms with van der Waals surface area (Å²) in [5.74, 6) is 0. The van der Waals surface area contributed by atoms with Crippen molar-refractivity contribution in [1.82, 2.24) is 0 Å². The molecule has 0 spiro atoms. The number of hydrogen-bond acceptors (Lipinski definition) is 1. The van der Waals surface area contributed by atoms with Crippen LogP contribution in [0.25, 0.3) is 0 Å². The Morgan fingerprint density at radius 3 is 2.75 bits per heavy atom. The number of rotatable bonds is 1. The molecule has 1 rings (SSSR count). The van der Waals surface area contributed by atoms with Gasteiger partial charge in [-0.15, -0.1) is 0 Å². The van der Waals surface area contributed by atoms with E-state index in [-0.39, 0.29) is 0 Å². The fourth-order valence-corrected chi connectivity index (χ4v) is 1.53. The summed E-state index contributed by atoms with van der Waals surface area (Å²) < 4.78 is 6.10. The second-order valence-corrected chi connectivity index (χ2v) is 4.19. The van der Waals surface area contributed by atoms with E-state index in [1.165, 1.54) is 12.8 Å². The molecule has 48 valence electrons. The molecule has 0 bridgehead atoms. The summed E-state index contributed by atoms with van der Waals surface area (Å²) in [6, 6.07) is 0. The van der Waals surface area contributed by atoms with Gasteiger partial charge in [-0.05, 0) is 12.8 Å². The van der Waals surface area contributed by atoms with E-state index in [2.05, 4.69) is 29.5 Å². The first kappa shape index (κ1) is 6.81. The lowest BCUT2D eigenvalue weighted by Crippen LogP contribution is -2.14. The molecule has 1 heterocycles. The lowest BCUT2D eigenvalue weighted by Gasteiger charge is -2.10.